The number of nitrogens with zero attached hydrogens (tertiary/aromatic N) is 4. The van der Waals surface area contributed by atoms with E-state index in [-0.39, 0.29) is 6.09 Å². The number of ether oxygens (including phenoxy) is 1. The van der Waals surface area contributed by atoms with Gasteiger partial charge in [0.2, 0.25) is 0 Å². The molecular weight excluding hydrogens is 316 g/mol. The van der Waals surface area contributed by atoms with E-state index in [2.05, 4.69) is 24.9 Å². The summed E-state index contributed by atoms with van der Waals surface area (Å²) in [6, 6.07) is 8.51. The van der Waals surface area contributed by atoms with E-state index in [0.717, 1.165) is 37.3 Å². The Hall–Kier alpha value is -2.34. The van der Waals surface area contributed by atoms with Gasteiger partial charge in [-0.2, -0.15) is 5.10 Å². The van der Waals surface area contributed by atoms with Crippen molar-refractivity contribution in [3.63, 3.8) is 0 Å². The molecule has 1 amide bonds. The lowest BCUT2D eigenvalue weighted by molar-refractivity contribution is 0.181. The lowest BCUT2D eigenvalue weighted by Gasteiger charge is -2.23. The maximum atomic E-state index is 11.7. The second kappa shape index (κ2) is 6.52. The first kappa shape index (κ1) is 16.1. The SMILES string of the molecule is CC(C)N1CCc2cn(-c3ccc(N4CCOC4=O)cc3)nc2CC1. The number of hydrogen-bond donors (Lipinski definition) is 0. The number of amides is 1. The summed E-state index contributed by atoms with van der Waals surface area (Å²) in [6.45, 7) is 7.73. The summed E-state index contributed by atoms with van der Waals surface area (Å²) in [4.78, 5) is 15.8. The highest BCUT2D eigenvalue weighted by Crippen LogP contribution is 2.22. The van der Waals surface area contributed by atoms with Crippen LogP contribution in [0.3, 0.4) is 0 Å². The Kier molecular flexibility index (Phi) is 4.21. The zero-order valence-electron chi connectivity index (χ0n) is 14.8. The van der Waals surface area contributed by atoms with Gasteiger partial charge >= 0.3 is 6.09 Å². The Morgan fingerprint density at radius 2 is 1.76 bits per heavy atom. The summed E-state index contributed by atoms with van der Waals surface area (Å²) in [6.07, 6.45) is 3.93. The van der Waals surface area contributed by atoms with Crippen LogP contribution in [-0.4, -0.2) is 53.1 Å². The third-order valence-electron chi connectivity index (χ3n) is 5.10. The summed E-state index contributed by atoms with van der Waals surface area (Å²) in [7, 11) is 0. The van der Waals surface area contributed by atoms with Crippen LogP contribution < -0.4 is 4.90 Å². The van der Waals surface area contributed by atoms with E-state index in [0.29, 0.717) is 19.2 Å². The van der Waals surface area contributed by atoms with Crippen molar-refractivity contribution in [2.45, 2.75) is 32.7 Å². The van der Waals surface area contributed by atoms with Crippen molar-refractivity contribution in [2.24, 2.45) is 0 Å². The lowest BCUT2D eigenvalue weighted by Crippen LogP contribution is -2.33. The van der Waals surface area contributed by atoms with E-state index in [1.807, 2.05) is 28.9 Å². The quantitative estimate of drug-likeness (QED) is 0.862. The number of aromatic nitrogens is 2. The van der Waals surface area contributed by atoms with Gasteiger partial charge in [0.15, 0.2) is 0 Å². The van der Waals surface area contributed by atoms with Crippen LogP contribution >= 0.6 is 0 Å². The van der Waals surface area contributed by atoms with E-state index in [4.69, 9.17) is 9.84 Å². The summed E-state index contributed by atoms with van der Waals surface area (Å²) in [5.41, 5.74) is 4.43. The van der Waals surface area contributed by atoms with Crippen LogP contribution in [0.15, 0.2) is 30.5 Å². The smallest absolute Gasteiger partial charge is 0.414 e. The lowest BCUT2D eigenvalue weighted by atomic mass is 10.2. The Labute approximate surface area is 148 Å². The van der Waals surface area contributed by atoms with Crippen molar-refractivity contribution >= 4 is 11.8 Å². The molecule has 0 atom stereocenters. The van der Waals surface area contributed by atoms with Crippen LogP contribution in [0.4, 0.5) is 10.5 Å². The number of carbonyl (C=O) groups is 1. The predicted molar refractivity (Wildman–Crippen MR) is 96.4 cm³/mol. The molecule has 0 bridgehead atoms. The first-order valence-electron chi connectivity index (χ1n) is 8.98. The fraction of sp³-hybridized carbons (Fsp3) is 0.474. The summed E-state index contributed by atoms with van der Waals surface area (Å²) in [5.74, 6) is 0. The van der Waals surface area contributed by atoms with Crippen molar-refractivity contribution < 1.29 is 9.53 Å². The van der Waals surface area contributed by atoms with Gasteiger partial charge in [-0.25, -0.2) is 9.48 Å². The molecule has 1 saturated heterocycles. The van der Waals surface area contributed by atoms with Crippen LogP contribution in [0, 0.1) is 0 Å². The van der Waals surface area contributed by atoms with Crippen LogP contribution in [0.5, 0.6) is 0 Å². The van der Waals surface area contributed by atoms with Gasteiger partial charge in [0.25, 0.3) is 0 Å². The van der Waals surface area contributed by atoms with Crippen molar-refractivity contribution in [2.75, 3.05) is 31.1 Å². The Balaban J connectivity index is 1.52. The zero-order chi connectivity index (χ0) is 17.4. The molecule has 1 aromatic carbocycles. The number of hydrogen-bond acceptors (Lipinski definition) is 4. The second-order valence-electron chi connectivity index (χ2n) is 6.96. The molecule has 0 aliphatic carbocycles. The highest BCUT2D eigenvalue weighted by atomic mass is 16.6. The van der Waals surface area contributed by atoms with Crippen LogP contribution in [0.1, 0.15) is 25.1 Å². The third kappa shape index (κ3) is 3.14. The fourth-order valence-electron chi connectivity index (χ4n) is 3.55. The minimum absolute atomic E-state index is 0.270. The topological polar surface area (TPSA) is 50.6 Å². The third-order valence-corrected chi connectivity index (χ3v) is 5.10. The maximum Gasteiger partial charge on any atom is 0.414 e. The molecule has 0 N–H and O–H groups in total. The van der Waals surface area contributed by atoms with E-state index in [1.165, 1.54) is 11.3 Å². The van der Waals surface area contributed by atoms with Gasteiger partial charge in [0.05, 0.1) is 17.9 Å². The van der Waals surface area contributed by atoms with Gasteiger partial charge < -0.3 is 9.64 Å². The van der Waals surface area contributed by atoms with Crippen molar-refractivity contribution in [3.8, 4) is 5.69 Å². The molecule has 6 heteroatoms. The molecule has 2 aliphatic heterocycles. The van der Waals surface area contributed by atoms with Crippen molar-refractivity contribution in [1.82, 2.24) is 14.7 Å². The number of fused-ring (bicyclic) bond motifs is 1. The number of cyclic esters (lactones) is 1. The first-order valence-corrected chi connectivity index (χ1v) is 8.98. The minimum Gasteiger partial charge on any atom is -0.447 e. The van der Waals surface area contributed by atoms with Crippen LogP contribution in [-0.2, 0) is 17.6 Å². The molecule has 2 aromatic rings. The molecule has 4 rings (SSSR count). The van der Waals surface area contributed by atoms with Crippen molar-refractivity contribution in [1.29, 1.82) is 0 Å². The normalized spacial score (nSPS) is 18.4. The maximum absolute atomic E-state index is 11.7. The molecule has 0 saturated carbocycles. The molecule has 25 heavy (non-hydrogen) atoms. The minimum atomic E-state index is -0.270. The Morgan fingerprint density at radius 3 is 2.44 bits per heavy atom. The van der Waals surface area contributed by atoms with E-state index >= 15 is 0 Å². The molecular formula is C19H24N4O2. The molecule has 132 valence electrons. The summed E-state index contributed by atoms with van der Waals surface area (Å²) in [5, 5.41) is 4.80. The molecule has 6 nitrogen and oxygen atoms in total. The molecule has 1 aromatic heterocycles. The number of carbonyl (C=O) groups excluding carboxylic acids is 1. The Bertz CT molecular complexity index is 741. The average Bonchev–Trinajstić information content (AvgIpc) is 3.16. The van der Waals surface area contributed by atoms with Gasteiger partial charge in [-0.15, -0.1) is 0 Å². The largest absolute Gasteiger partial charge is 0.447 e. The van der Waals surface area contributed by atoms with E-state index in [1.54, 1.807) is 4.90 Å². The highest BCUT2D eigenvalue weighted by molar-refractivity contribution is 5.89. The average molecular weight is 340 g/mol. The van der Waals surface area contributed by atoms with E-state index < -0.39 is 0 Å². The molecule has 1 fully saturated rings. The van der Waals surface area contributed by atoms with E-state index in [9.17, 15) is 4.79 Å². The second-order valence-corrected chi connectivity index (χ2v) is 6.96. The number of benzene rings is 1. The molecule has 3 heterocycles. The van der Waals surface area contributed by atoms with Gasteiger partial charge in [0, 0.05) is 37.4 Å². The fourth-order valence-corrected chi connectivity index (χ4v) is 3.55. The molecule has 0 radical (unpaired) electrons. The molecule has 2 aliphatic rings. The van der Waals surface area contributed by atoms with Gasteiger partial charge in [-0.1, -0.05) is 0 Å². The standard InChI is InChI=1S/C19H24N4O2/c1-14(2)21-9-7-15-13-23(20-18(15)8-10-21)17-5-3-16(4-6-17)22-11-12-25-19(22)24/h3-6,13-14H,7-12H2,1-2H3. The van der Waals surface area contributed by atoms with Crippen LogP contribution in [0.25, 0.3) is 5.69 Å². The Morgan fingerprint density at radius 1 is 1.04 bits per heavy atom. The number of anilines is 1. The first-order chi connectivity index (χ1) is 12.1. The molecule has 0 spiro atoms. The number of rotatable bonds is 3. The highest BCUT2D eigenvalue weighted by Gasteiger charge is 2.23. The predicted octanol–water partition coefficient (Wildman–Crippen LogP) is 2.64. The summed E-state index contributed by atoms with van der Waals surface area (Å²) < 4.78 is 6.95. The zero-order valence-corrected chi connectivity index (χ0v) is 14.8. The van der Waals surface area contributed by atoms with Gasteiger partial charge in [0.1, 0.15) is 6.61 Å². The summed E-state index contributed by atoms with van der Waals surface area (Å²) >= 11 is 0. The van der Waals surface area contributed by atoms with Gasteiger partial charge in [-0.05, 0) is 50.1 Å². The molecule has 0 unspecified atom stereocenters. The monoisotopic (exact) mass is 340 g/mol. The van der Waals surface area contributed by atoms with Crippen LogP contribution in [0.2, 0.25) is 0 Å². The van der Waals surface area contributed by atoms with Gasteiger partial charge in [-0.3, -0.25) is 4.90 Å². The van der Waals surface area contributed by atoms with Crippen molar-refractivity contribution in [3.05, 3.63) is 41.7 Å².